The lowest BCUT2D eigenvalue weighted by Gasteiger charge is -2.19. The summed E-state index contributed by atoms with van der Waals surface area (Å²) in [5, 5.41) is 0. The molecule has 1 aromatic heterocycles. The Hall–Kier alpha value is -3.27. The van der Waals surface area contributed by atoms with Gasteiger partial charge in [-0.3, -0.25) is 0 Å². The number of aromatic nitrogens is 2. The lowest BCUT2D eigenvalue weighted by Crippen LogP contribution is -2.15. The summed E-state index contributed by atoms with van der Waals surface area (Å²) in [5.41, 5.74) is 3.35. The number of hydrogen-bond acceptors (Lipinski definition) is 3. The van der Waals surface area contributed by atoms with Crippen LogP contribution >= 0.6 is 0 Å². The summed E-state index contributed by atoms with van der Waals surface area (Å²) in [6.07, 6.45) is 1.64. The Kier molecular flexibility index (Phi) is 6.33. The second kappa shape index (κ2) is 9.49. The van der Waals surface area contributed by atoms with Crippen molar-refractivity contribution in [2.45, 2.75) is 39.3 Å². The largest absolute Gasteiger partial charge is 0.494 e. The van der Waals surface area contributed by atoms with Crippen LogP contribution in [0.3, 0.4) is 0 Å². The second-order valence-corrected chi connectivity index (χ2v) is 7.46. The highest BCUT2D eigenvalue weighted by atomic mass is 16.5. The van der Waals surface area contributed by atoms with E-state index in [1.807, 2.05) is 48.5 Å². The molecule has 0 fully saturated rings. The summed E-state index contributed by atoms with van der Waals surface area (Å²) >= 11 is 0. The maximum atomic E-state index is 6.29. The number of hydrogen-bond donors (Lipinski definition) is 0. The first-order valence-corrected chi connectivity index (χ1v) is 10.6. The highest BCUT2D eigenvalue weighted by Crippen LogP contribution is 2.28. The first-order valence-electron chi connectivity index (χ1n) is 10.6. The molecule has 1 atom stereocenters. The SMILES string of the molecule is CCC(Oc1ccccc1)c1nc2ccccc2n1CCCOc1cccc(C)c1. The van der Waals surface area contributed by atoms with Crippen molar-refractivity contribution < 1.29 is 9.47 Å². The van der Waals surface area contributed by atoms with Gasteiger partial charge in [-0.25, -0.2) is 4.98 Å². The topological polar surface area (TPSA) is 36.3 Å². The van der Waals surface area contributed by atoms with E-state index >= 15 is 0 Å². The van der Waals surface area contributed by atoms with E-state index in [9.17, 15) is 0 Å². The first kappa shape index (κ1) is 20.0. The van der Waals surface area contributed by atoms with Crippen molar-refractivity contribution in [3.63, 3.8) is 0 Å². The van der Waals surface area contributed by atoms with Crippen molar-refractivity contribution in [1.29, 1.82) is 0 Å². The van der Waals surface area contributed by atoms with E-state index in [1.54, 1.807) is 0 Å². The molecule has 0 aliphatic carbocycles. The molecule has 0 aliphatic heterocycles. The number of imidazole rings is 1. The summed E-state index contributed by atoms with van der Waals surface area (Å²) in [4.78, 5) is 4.93. The van der Waals surface area contributed by atoms with Crippen LogP contribution in [0.4, 0.5) is 0 Å². The van der Waals surface area contributed by atoms with Gasteiger partial charge in [-0.05, 0) is 61.7 Å². The quantitative estimate of drug-likeness (QED) is 0.307. The molecule has 4 heteroatoms. The summed E-state index contributed by atoms with van der Waals surface area (Å²) in [6, 6.07) is 26.4. The van der Waals surface area contributed by atoms with Crippen molar-refractivity contribution in [1.82, 2.24) is 9.55 Å². The summed E-state index contributed by atoms with van der Waals surface area (Å²) in [5.74, 6) is 2.76. The van der Waals surface area contributed by atoms with Gasteiger partial charge in [-0.15, -0.1) is 0 Å². The maximum Gasteiger partial charge on any atom is 0.156 e. The van der Waals surface area contributed by atoms with Crippen LogP contribution in [-0.2, 0) is 6.54 Å². The number of fused-ring (bicyclic) bond motifs is 1. The molecular formula is C26H28N2O2. The van der Waals surface area contributed by atoms with E-state index in [-0.39, 0.29) is 6.10 Å². The van der Waals surface area contributed by atoms with Gasteiger partial charge in [0, 0.05) is 6.54 Å². The predicted molar refractivity (Wildman–Crippen MR) is 121 cm³/mol. The van der Waals surface area contributed by atoms with Gasteiger partial charge in [0.1, 0.15) is 11.5 Å². The normalized spacial score (nSPS) is 12.1. The molecule has 0 saturated heterocycles. The third kappa shape index (κ3) is 4.65. The lowest BCUT2D eigenvalue weighted by molar-refractivity contribution is 0.185. The Labute approximate surface area is 178 Å². The van der Waals surface area contributed by atoms with E-state index in [4.69, 9.17) is 14.5 Å². The first-order chi connectivity index (χ1) is 14.7. The third-order valence-electron chi connectivity index (χ3n) is 5.15. The van der Waals surface area contributed by atoms with Crippen LogP contribution in [-0.4, -0.2) is 16.2 Å². The average molecular weight is 401 g/mol. The minimum atomic E-state index is -0.0995. The van der Waals surface area contributed by atoms with E-state index < -0.39 is 0 Å². The monoisotopic (exact) mass is 400 g/mol. The molecule has 0 aliphatic rings. The summed E-state index contributed by atoms with van der Waals surface area (Å²) in [6.45, 7) is 5.70. The number of rotatable bonds is 9. The number of benzene rings is 3. The Morgan fingerprint density at radius 1 is 0.900 bits per heavy atom. The fourth-order valence-corrected chi connectivity index (χ4v) is 3.67. The van der Waals surface area contributed by atoms with Gasteiger partial charge in [-0.1, -0.05) is 49.4 Å². The number of para-hydroxylation sites is 3. The summed E-state index contributed by atoms with van der Waals surface area (Å²) < 4.78 is 14.5. The standard InChI is InChI=1S/C26H28N2O2/c1-3-25(30-21-12-5-4-6-13-21)26-27-23-15-7-8-16-24(23)28(26)17-10-18-29-22-14-9-11-20(2)19-22/h4-9,11-16,19,25H,3,10,17-18H2,1-2H3. The molecule has 4 rings (SSSR count). The van der Waals surface area contributed by atoms with Crippen molar-refractivity contribution >= 4 is 11.0 Å². The van der Waals surface area contributed by atoms with E-state index in [1.165, 1.54) is 5.56 Å². The highest BCUT2D eigenvalue weighted by molar-refractivity contribution is 5.76. The van der Waals surface area contributed by atoms with E-state index in [0.29, 0.717) is 6.61 Å². The van der Waals surface area contributed by atoms with Crippen LogP contribution < -0.4 is 9.47 Å². The molecule has 1 unspecified atom stereocenters. The van der Waals surface area contributed by atoms with Gasteiger partial charge in [-0.2, -0.15) is 0 Å². The molecule has 0 amide bonds. The molecule has 0 bridgehead atoms. The molecular weight excluding hydrogens is 372 g/mol. The highest BCUT2D eigenvalue weighted by Gasteiger charge is 2.20. The van der Waals surface area contributed by atoms with E-state index in [2.05, 4.69) is 48.7 Å². The molecule has 4 aromatic rings. The molecule has 1 heterocycles. The van der Waals surface area contributed by atoms with Crippen molar-refractivity contribution in [2.24, 2.45) is 0 Å². The van der Waals surface area contributed by atoms with Crippen LogP contribution in [0, 0.1) is 6.92 Å². The molecule has 3 aromatic carbocycles. The van der Waals surface area contributed by atoms with Crippen LogP contribution in [0.5, 0.6) is 11.5 Å². The minimum absolute atomic E-state index is 0.0995. The van der Waals surface area contributed by atoms with Crippen molar-refractivity contribution in [3.8, 4) is 11.5 Å². The zero-order valence-electron chi connectivity index (χ0n) is 17.6. The van der Waals surface area contributed by atoms with Gasteiger partial charge in [0.05, 0.1) is 17.6 Å². The zero-order chi connectivity index (χ0) is 20.8. The molecule has 0 saturated carbocycles. The van der Waals surface area contributed by atoms with Gasteiger partial charge in [0.2, 0.25) is 0 Å². The van der Waals surface area contributed by atoms with Crippen LogP contribution in [0.2, 0.25) is 0 Å². The molecule has 0 radical (unpaired) electrons. The Bertz CT molecular complexity index is 1090. The second-order valence-electron chi connectivity index (χ2n) is 7.46. The molecule has 154 valence electrons. The van der Waals surface area contributed by atoms with Crippen LogP contribution in [0.25, 0.3) is 11.0 Å². The number of nitrogens with zero attached hydrogens (tertiary/aromatic N) is 2. The van der Waals surface area contributed by atoms with Gasteiger partial charge < -0.3 is 14.0 Å². The van der Waals surface area contributed by atoms with E-state index in [0.717, 1.165) is 47.7 Å². The summed E-state index contributed by atoms with van der Waals surface area (Å²) in [7, 11) is 0. The Morgan fingerprint density at radius 3 is 2.47 bits per heavy atom. The van der Waals surface area contributed by atoms with Crippen LogP contribution in [0.15, 0.2) is 78.9 Å². The van der Waals surface area contributed by atoms with Gasteiger partial charge >= 0.3 is 0 Å². The fourth-order valence-electron chi connectivity index (χ4n) is 3.67. The molecule has 4 nitrogen and oxygen atoms in total. The zero-order valence-corrected chi connectivity index (χ0v) is 17.6. The Balaban J connectivity index is 1.52. The van der Waals surface area contributed by atoms with Gasteiger partial charge in [0.15, 0.2) is 11.9 Å². The Morgan fingerprint density at radius 2 is 1.67 bits per heavy atom. The maximum absolute atomic E-state index is 6.29. The molecule has 30 heavy (non-hydrogen) atoms. The van der Waals surface area contributed by atoms with Gasteiger partial charge in [0.25, 0.3) is 0 Å². The minimum Gasteiger partial charge on any atom is -0.494 e. The fraction of sp³-hybridized carbons (Fsp3) is 0.269. The number of aryl methyl sites for hydroxylation is 2. The van der Waals surface area contributed by atoms with Crippen LogP contribution in [0.1, 0.15) is 37.3 Å². The smallest absolute Gasteiger partial charge is 0.156 e. The van der Waals surface area contributed by atoms with Crippen molar-refractivity contribution in [3.05, 3.63) is 90.3 Å². The lowest BCUT2D eigenvalue weighted by atomic mass is 10.2. The molecule has 0 spiro atoms. The predicted octanol–water partition coefficient (Wildman–Crippen LogP) is 6.34. The number of ether oxygens (including phenoxy) is 2. The van der Waals surface area contributed by atoms with Crippen molar-refractivity contribution in [2.75, 3.05) is 6.61 Å². The third-order valence-corrected chi connectivity index (χ3v) is 5.15. The average Bonchev–Trinajstić information content (AvgIpc) is 3.14. The molecule has 0 N–H and O–H groups in total.